The number of nitrogens with zero attached hydrogens (tertiary/aromatic N) is 1. The number of rotatable bonds is 5. The Morgan fingerprint density at radius 2 is 2.47 bits per heavy atom. The molecule has 0 spiro atoms. The van der Waals surface area contributed by atoms with Crippen molar-refractivity contribution < 1.29 is 4.74 Å². The quantitative estimate of drug-likeness (QED) is 0.876. The summed E-state index contributed by atoms with van der Waals surface area (Å²) in [5.41, 5.74) is 1.13. The number of thiazole rings is 1. The van der Waals surface area contributed by atoms with Gasteiger partial charge in [-0.15, -0.1) is 11.3 Å². The van der Waals surface area contributed by atoms with Crippen molar-refractivity contribution in [2.45, 2.75) is 45.3 Å². The molecule has 17 heavy (non-hydrogen) atoms. The fourth-order valence-corrected chi connectivity index (χ4v) is 3.53. The van der Waals surface area contributed by atoms with Gasteiger partial charge in [-0.3, -0.25) is 0 Å². The Hall–Kier alpha value is -0.450. The van der Waals surface area contributed by atoms with Crippen molar-refractivity contribution in [2.75, 3.05) is 13.7 Å². The molecule has 1 fully saturated rings. The molecule has 3 atom stereocenters. The van der Waals surface area contributed by atoms with Crippen LogP contribution in [0.5, 0.6) is 0 Å². The lowest BCUT2D eigenvalue weighted by Crippen LogP contribution is -2.39. The molecule has 0 aromatic carbocycles. The standard InChI is InChI=1S/C13H22N2OS/c1-4-12-10(5-6-16-12)11(14-3)7-13-15-9(2)8-17-13/h8,10-12,14H,4-7H2,1-3H3. The monoisotopic (exact) mass is 254 g/mol. The summed E-state index contributed by atoms with van der Waals surface area (Å²) in [4.78, 5) is 4.56. The van der Waals surface area contributed by atoms with Crippen LogP contribution >= 0.6 is 11.3 Å². The van der Waals surface area contributed by atoms with Gasteiger partial charge in [0.25, 0.3) is 0 Å². The highest BCUT2D eigenvalue weighted by Gasteiger charge is 2.33. The van der Waals surface area contributed by atoms with Crippen LogP contribution in [-0.4, -0.2) is 30.8 Å². The highest BCUT2D eigenvalue weighted by Crippen LogP contribution is 2.28. The number of likely N-dealkylation sites (N-methyl/N-ethyl adjacent to an activating group) is 1. The van der Waals surface area contributed by atoms with Gasteiger partial charge in [0, 0.05) is 36.1 Å². The van der Waals surface area contributed by atoms with Crippen molar-refractivity contribution in [1.82, 2.24) is 10.3 Å². The molecule has 0 amide bonds. The van der Waals surface area contributed by atoms with E-state index in [1.807, 2.05) is 0 Å². The Balaban J connectivity index is 2.00. The molecule has 3 nitrogen and oxygen atoms in total. The van der Waals surface area contributed by atoms with Gasteiger partial charge >= 0.3 is 0 Å². The summed E-state index contributed by atoms with van der Waals surface area (Å²) < 4.78 is 5.78. The fourth-order valence-electron chi connectivity index (χ4n) is 2.70. The molecule has 1 N–H and O–H groups in total. The third-order valence-electron chi connectivity index (χ3n) is 3.61. The van der Waals surface area contributed by atoms with Crippen LogP contribution in [0, 0.1) is 12.8 Å². The summed E-state index contributed by atoms with van der Waals surface area (Å²) in [6, 6.07) is 0.494. The lowest BCUT2D eigenvalue weighted by Gasteiger charge is -2.26. The van der Waals surface area contributed by atoms with Crippen molar-refractivity contribution in [3.63, 3.8) is 0 Å². The van der Waals surface area contributed by atoms with Gasteiger partial charge in [0.05, 0.1) is 11.1 Å². The van der Waals surface area contributed by atoms with Crippen LogP contribution in [0.2, 0.25) is 0 Å². The summed E-state index contributed by atoms with van der Waals surface area (Å²) in [7, 11) is 2.05. The number of hydrogen-bond acceptors (Lipinski definition) is 4. The molecule has 1 aliphatic heterocycles. The highest BCUT2D eigenvalue weighted by molar-refractivity contribution is 7.09. The van der Waals surface area contributed by atoms with E-state index in [9.17, 15) is 0 Å². The van der Waals surface area contributed by atoms with Gasteiger partial charge in [0.15, 0.2) is 0 Å². The Bertz CT molecular complexity index is 353. The van der Waals surface area contributed by atoms with Gasteiger partial charge in [0.2, 0.25) is 0 Å². The zero-order chi connectivity index (χ0) is 12.3. The minimum Gasteiger partial charge on any atom is -0.378 e. The van der Waals surface area contributed by atoms with Crippen molar-refractivity contribution in [3.05, 3.63) is 16.1 Å². The molecule has 2 rings (SSSR count). The molecule has 1 saturated heterocycles. The van der Waals surface area contributed by atoms with Crippen LogP contribution in [0.3, 0.4) is 0 Å². The molecule has 0 aliphatic carbocycles. The maximum Gasteiger partial charge on any atom is 0.0943 e. The number of aromatic nitrogens is 1. The molecular weight excluding hydrogens is 232 g/mol. The lowest BCUT2D eigenvalue weighted by atomic mass is 9.89. The minimum atomic E-state index is 0.425. The van der Waals surface area contributed by atoms with Gasteiger partial charge in [-0.05, 0) is 26.8 Å². The van der Waals surface area contributed by atoms with E-state index in [2.05, 4.69) is 36.6 Å². The van der Waals surface area contributed by atoms with Crippen molar-refractivity contribution in [2.24, 2.45) is 5.92 Å². The van der Waals surface area contributed by atoms with Gasteiger partial charge in [-0.25, -0.2) is 4.98 Å². The lowest BCUT2D eigenvalue weighted by molar-refractivity contribution is 0.0783. The van der Waals surface area contributed by atoms with Crippen LogP contribution in [-0.2, 0) is 11.2 Å². The van der Waals surface area contributed by atoms with Crippen LogP contribution in [0.15, 0.2) is 5.38 Å². The first-order valence-corrected chi connectivity index (χ1v) is 7.32. The molecule has 0 saturated carbocycles. The Morgan fingerprint density at radius 3 is 3.06 bits per heavy atom. The Kier molecular flexibility index (Phi) is 4.54. The van der Waals surface area contributed by atoms with E-state index >= 15 is 0 Å². The van der Waals surface area contributed by atoms with Crippen molar-refractivity contribution in [3.8, 4) is 0 Å². The van der Waals surface area contributed by atoms with E-state index in [-0.39, 0.29) is 0 Å². The first-order chi connectivity index (χ1) is 8.24. The molecule has 3 unspecified atom stereocenters. The molecule has 1 aromatic heterocycles. The number of nitrogens with one attached hydrogen (secondary N) is 1. The van der Waals surface area contributed by atoms with E-state index < -0.39 is 0 Å². The first kappa shape index (κ1) is 13.0. The van der Waals surface area contributed by atoms with Gasteiger partial charge < -0.3 is 10.1 Å². The summed E-state index contributed by atoms with van der Waals surface area (Å²) in [5, 5.41) is 6.82. The summed E-state index contributed by atoms with van der Waals surface area (Å²) >= 11 is 1.77. The van der Waals surface area contributed by atoms with E-state index in [1.165, 1.54) is 11.4 Å². The molecule has 1 aromatic rings. The van der Waals surface area contributed by atoms with E-state index in [0.717, 1.165) is 25.1 Å². The van der Waals surface area contributed by atoms with Gasteiger partial charge in [0.1, 0.15) is 0 Å². The van der Waals surface area contributed by atoms with Gasteiger partial charge in [-0.2, -0.15) is 0 Å². The minimum absolute atomic E-state index is 0.425. The number of ether oxygens (including phenoxy) is 1. The molecule has 0 bridgehead atoms. The SMILES string of the molecule is CCC1OCCC1C(Cc1nc(C)cs1)NC. The fraction of sp³-hybridized carbons (Fsp3) is 0.769. The second-order valence-corrected chi connectivity index (χ2v) is 5.69. The molecular formula is C13H22N2OS. The molecule has 2 heterocycles. The zero-order valence-corrected chi connectivity index (χ0v) is 11.7. The Labute approximate surface area is 108 Å². The van der Waals surface area contributed by atoms with Crippen LogP contribution in [0.1, 0.15) is 30.5 Å². The molecule has 0 radical (unpaired) electrons. The maximum atomic E-state index is 5.78. The van der Waals surface area contributed by atoms with Crippen LogP contribution in [0.4, 0.5) is 0 Å². The highest BCUT2D eigenvalue weighted by atomic mass is 32.1. The van der Waals surface area contributed by atoms with Crippen molar-refractivity contribution in [1.29, 1.82) is 0 Å². The predicted molar refractivity (Wildman–Crippen MR) is 71.5 cm³/mol. The largest absolute Gasteiger partial charge is 0.378 e. The zero-order valence-electron chi connectivity index (χ0n) is 10.9. The van der Waals surface area contributed by atoms with Gasteiger partial charge in [-0.1, -0.05) is 6.92 Å². The normalized spacial score (nSPS) is 26.3. The summed E-state index contributed by atoms with van der Waals surface area (Å²) in [5.74, 6) is 0.634. The maximum absolute atomic E-state index is 5.78. The van der Waals surface area contributed by atoms with Crippen LogP contribution < -0.4 is 5.32 Å². The van der Waals surface area contributed by atoms with E-state index in [1.54, 1.807) is 11.3 Å². The second-order valence-electron chi connectivity index (χ2n) is 4.75. The molecule has 1 aliphatic rings. The third kappa shape index (κ3) is 3.06. The number of hydrogen-bond donors (Lipinski definition) is 1. The molecule has 4 heteroatoms. The third-order valence-corrected chi connectivity index (χ3v) is 4.60. The first-order valence-electron chi connectivity index (χ1n) is 6.44. The van der Waals surface area contributed by atoms with E-state index in [0.29, 0.717) is 18.1 Å². The topological polar surface area (TPSA) is 34.1 Å². The van der Waals surface area contributed by atoms with E-state index in [4.69, 9.17) is 4.74 Å². The Morgan fingerprint density at radius 1 is 1.65 bits per heavy atom. The second kappa shape index (κ2) is 5.94. The number of aryl methyl sites for hydroxylation is 1. The average Bonchev–Trinajstić information content (AvgIpc) is 2.94. The summed E-state index contributed by atoms with van der Waals surface area (Å²) in [6.45, 7) is 5.18. The van der Waals surface area contributed by atoms with Crippen LogP contribution in [0.25, 0.3) is 0 Å². The summed E-state index contributed by atoms with van der Waals surface area (Å²) in [6.07, 6.45) is 3.74. The average molecular weight is 254 g/mol. The predicted octanol–water partition coefficient (Wildman–Crippen LogP) is 2.40. The molecule has 96 valence electrons. The smallest absolute Gasteiger partial charge is 0.0943 e. The van der Waals surface area contributed by atoms with Crippen molar-refractivity contribution >= 4 is 11.3 Å².